The Kier molecular flexibility index (Phi) is 7.54. The van der Waals surface area contributed by atoms with Gasteiger partial charge in [0.15, 0.2) is 0 Å². The third-order valence-corrected chi connectivity index (χ3v) is 5.77. The zero-order valence-electron chi connectivity index (χ0n) is 17.1. The van der Waals surface area contributed by atoms with Gasteiger partial charge in [0, 0.05) is 34.5 Å². The number of ether oxygens (including phenoxy) is 1. The number of likely N-dealkylation sites (N-methyl/N-ethyl adjacent to an activating group) is 1. The highest BCUT2D eigenvalue weighted by molar-refractivity contribution is 6.35. The van der Waals surface area contributed by atoms with Gasteiger partial charge in [0.05, 0.1) is 6.61 Å². The zero-order valence-corrected chi connectivity index (χ0v) is 18.7. The molecule has 3 rings (SSSR count). The summed E-state index contributed by atoms with van der Waals surface area (Å²) in [6.07, 6.45) is 1.19. The molecule has 0 aliphatic carbocycles. The highest BCUT2D eigenvalue weighted by Gasteiger charge is 2.29. The molecule has 0 spiro atoms. The molecular weight excluding hydrogens is 417 g/mol. The number of hydrogen-bond acceptors (Lipinski definition) is 3. The summed E-state index contributed by atoms with van der Waals surface area (Å²) < 4.78 is 5.56. The lowest BCUT2D eigenvalue weighted by Gasteiger charge is -2.31. The van der Waals surface area contributed by atoms with Crippen molar-refractivity contribution in [3.8, 4) is 0 Å². The Morgan fingerprint density at radius 1 is 1.03 bits per heavy atom. The predicted octanol–water partition coefficient (Wildman–Crippen LogP) is 6.30. The number of benzene rings is 3. The SMILES string of the molecule is C=CC(=O)OCC(c1cccc2ccccc12)C(CN(C)C)c1ccc(Cl)cc1Cl. The monoisotopic (exact) mass is 441 g/mol. The van der Waals surface area contributed by atoms with Crippen molar-refractivity contribution in [2.75, 3.05) is 27.2 Å². The summed E-state index contributed by atoms with van der Waals surface area (Å²) in [7, 11) is 4.04. The van der Waals surface area contributed by atoms with Crippen LogP contribution >= 0.6 is 23.2 Å². The fourth-order valence-electron chi connectivity index (χ4n) is 3.87. The first kappa shape index (κ1) is 22.4. The molecule has 0 N–H and O–H groups in total. The standard InChI is InChI=1S/C25H25Cl2NO2/c1-4-25(29)30-16-23(20-11-7-9-17-8-5-6-10-19(17)20)22(15-28(2)3)21-13-12-18(26)14-24(21)27/h4-14,22-23H,1,15-16H2,2-3H3. The van der Waals surface area contributed by atoms with Crippen LogP contribution in [0.2, 0.25) is 10.0 Å². The van der Waals surface area contributed by atoms with Crippen molar-refractivity contribution >= 4 is 39.9 Å². The molecule has 3 nitrogen and oxygen atoms in total. The van der Waals surface area contributed by atoms with Crippen molar-refractivity contribution in [2.24, 2.45) is 0 Å². The maximum absolute atomic E-state index is 11.9. The van der Waals surface area contributed by atoms with E-state index in [9.17, 15) is 4.79 Å². The van der Waals surface area contributed by atoms with E-state index in [0.29, 0.717) is 10.0 Å². The van der Waals surface area contributed by atoms with Gasteiger partial charge in [-0.15, -0.1) is 0 Å². The van der Waals surface area contributed by atoms with Crippen LogP contribution in [0.1, 0.15) is 23.0 Å². The van der Waals surface area contributed by atoms with Gasteiger partial charge < -0.3 is 9.64 Å². The fraction of sp³-hybridized carbons (Fsp3) is 0.240. The van der Waals surface area contributed by atoms with Crippen LogP contribution in [0.25, 0.3) is 10.8 Å². The predicted molar refractivity (Wildman–Crippen MR) is 126 cm³/mol. The van der Waals surface area contributed by atoms with Gasteiger partial charge in [0.1, 0.15) is 0 Å². The minimum Gasteiger partial charge on any atom is -0.462 e. The van der Waals surface area contributed by atoms with Crippen molar-refractivity contribution in [1.29, 1.82) is 0 Å². The number of halogens is 2. The Morgan fingerprint density at radius 3 is 2.47 bits per heavy atom. The van der Waals surface area contributed by atoms with E-state index in [1.807, 2.05) is 44.4 Å². The number of carbonyl (C=O) groups excluding carboxylic acids is 1. The van der Waals surface area contributed by atoms with Crippen LogP contribution in [0.4, 0.5) is 0 Å². The second-order valence-electron chi connectivity index (χ2n) is 7.54. The lowest BCUT2D eigenvalue weighted by molar-refractivity contribution is -0.138. The average Bonchev–Trinajstić information content (AvgIpc) is 2.72. The maximum Gasteiger partial charge on any atom is 0.330 e. The molecular formula is C25H25Cl2NO2. The third-order valence-electron chi connectivity index (χ3n) is 5.20. The molecule has 0 radical (unpaired) electrons. The summed E-state index contributed by atoms with van der Waals surface area (Å²) in [5, 5.41) is 3.47. The highest BCUT2D eigenvalue weighted by Crippen LogP contribution is 2.40. The van der Waals surface area contributed by atoms with Gasteiger partial charge in [-0.1, -0.05) is 78.3 Å². The third kappa shape index (κ3) is 5.23. The number of esters is 1. The van der Waals surface area contributed by atoms with E-state index < -0.39 is 5.97 Å². The van der Waals surface area contributed by atoms with E-state index in [4.69, 9.17) is 27.9 Å². The normalized spacial score (nSPS) is 13.2. The van der Waals surface area contributed by atoms with Gasteiger partial charge in [0.2, 0.25) is 0 Å². The summed E-state index contributed by atoms with van der Waals surface area (Å²) >= 11 is 12.8. The summed E-state index contributed by atoms with van der Waals surface area (Å²) in [6, 6.07) is 20.0. The van der Waals surface area contributed by atoms with Crippen LogP contribution < -0.4 is 0 Å². The quantitative estimate of drug-likeness (QED) is 0.303. The van der Waals surface area contributed by atoms with Crippen LogP contribution in [-0.2, 0) is 9.53 Å². The van der Waals surface area contributed by atoms with E-state index in [1.165, 1.54) is 6.08 Å². The van der Waals surface area contributed by atoms with Crippen molar-refractivity contribution in [3.05, 3.63) is 94.5 Å². The number of rotatable bonds is 8. The molecule has 0 amide bonds. The van der Waals surface area contributed by atoms with Crippen LogP contribution in [0.15, 0.2) is 73.3 Å². The number of nitrogens with zero attached hydrogens (tertiary/aromatic N) is 1. The van der Waals surface area contributed by atoms with E-state index in [2.05, 4.69) is 35.7 Å². The van der Waals surface area contributed by atoms with Gasteiger partial charge in [-0.25, -0.2) is 4.79 Å². The smallest absolute Gasteiger partial charge is 0.330 e. The molecule has 2 unspecified atom stereocenters. The van der Waals surface area contributed by atoms with Gasteiger partial charge in [0.25, 0.3) is 0 Å². The van der Waals surface area contributed by atoms with Crippen LogP contribution in [0.5, 0.6) is 0 Å². The molecule has 0 bridgehead atoms. The maximum atomic E-state index is 11.9. The zero-order chi connectivity index (χ0) is 21.7. The number of fused-ring (bicyclic) bond motifs is 1. The van der Waals surface area contributed by atoms with E-state index in [0.717, 1.165) is 28.4 Å². The summed E-state index contributed by atoms with van der Waals surface area (Å²) in [5.74, 6) is -0.569. The van der Waals surface area contributed by atoms with Crippen LogP contribution in [0, 0.1) is 0 Å². The van der Waals surface area contributed by atoms with Crippen LogP contribution in [-0.4, -0.2) is 38.1 Å². The Bertz CT molecular complexity index is 1040. The lowest BCUT2D eigenvalue weighted by Crippen LogP contribution is -2.28. The van der Waals surface area contributed by atoms with Gasteiger partial charge >= 0.3 is 5.97 Å². The van der Waals surface area contributed by atoms with Gasteiger partial charge in [-0.2, -0.15) is 0 Å². The van der Waals surface area contributed by atoms with Crippen molar-refractivity contribution in [2.45, 2.75) is 11.8 Å². The first-order chi connectivity index (χ1) is 14.4. The summed E-state index contributed by atoms with van der Waals surface area (Å²) in [6.45, 7) is 4.46. The summed E-state index contributed by atoms with van der Waals surface area (Å²) in [5.41, 5.74) is 2.09. The molecule has 3 aromatic rings. The second kappa shape index (κ2) is 10.1. The molecule has 30 heavy (non-hydrogen) atoms. The molecule has 3 aromatic carbocycles. The Labute approximate surface area is 187 Å². The average molecular weight is 442 g/mol. The van der Waals surface area contributed by atoms with E-state index in [-0.39, 0.29) is 18.4 Å². The Morgan fingerprint density at radius 2 is 1.77 bits per heavy atom. The molecule has 0 aliphatic rings. The summed E-state index contributed by atoms with van der Waals surface area (Å²) in [4.78, 5) is 14.0. The van der Waals surface area contributed by atoms with E-state index in [1.54, 1.807) is 6.07 Å². The molecule has 0 aromatic heterocycles. The topological polar surface area (TPSA) is 29.5 Å². The molecule has 0 aliphatic heterocycles. The van der Waals surface area contributed by atoms with Gasteiger partial charge in [-0.05, 0) is 48.1 Å². The molecule has 156 valence electrons. The highest BCUT2D eigenvalue weighted by atomic mass is 35.5. The van der Waals surface area contributed by atoms with Crippen LogP contribution in [0.3, 0.4) is 0 Å². The Balaban J connectivity index is 2.16. The molecule has 0 fully saturated rings. The largest absolute Gasteiger partial charge is 0.462 e. The molecule has 0 saturated heterocycles. The first-order valence-electron chi connectivity index (χ1n) is 9.77. The first-order valence-corrected chi connectivity index (χ1v) is 10.5. The molecule has 0 saturated carbocycles. The second-order valence-corrected chi connectivity index (χ2v) is 8.39. The molecule has 2 atom stereocenters. The lowest BCUT2D eigenvalue weighted by atomic mass is 9.79. The number of carbonyl (C=O) groups is 1. The minimum atomic E-state index is -0.439. The van der Waals surface area contributed by atoms with E-state index >= 15 is 0 Å². The minimum absolute atomic E-state index is 0.0202. The van der Waals surface area contributed by atoms with Gasteiger partial charge in [-0.3, -0.25) is 0 Å². The van der Waals surface area contributed by atoms with Crippen molar-refractivity contribution in [1.82, 2.24) is 4.90 Å². The van der Waals surface area contributed by atoms with Crippen molar-refractivity contribution in [3.63, 3.8) is 0 Å². The van der Waals surface area contributed by atoms with Crippen molar-refractivity contribution < 1.29 is 9.53 Å². The Hall–Kier alpha value is -2.33. The molecule has 5 heteroatoms. The fourth-order valence-corrected chi connectivity index (χ4v) is 4.41. The number of hydrogen-bond donors (Lipinski definition) is 0. The molecule has 0 heterocycles.